The summed E-state index contributed by atoms with van der Waals surface area (Å²) in [7, 11) is -2.49. The molecule has 4 rings (SSSR count). The van der Waals surface area contributed by atoms with Crippen molar-refractivity contribution in [2.75, 3.05) is 31.4 Å². The monoisotopic (exact) mass is 648 g/mol. The van der Waals surface area contributed by atoms with Crippen LogP contribution in [0, 0.1) is 11.6 Å². The van der Waals surface area contributed by atoms with E-state index in [2.05, 4.69) is 5.32 Å². The van der Waals surface area contributed by atoms with E-state index < -0.39 is 51.7 Å². The van der Waals surface area contributed by atoms with Gasteiger partial charge in [-0.2, -0.15) is 4.31 Å². The van der Waals surface area contributed by atoms with Crippen molar-refractivity contribution in [3.63, 3.8) is 0 Å². The molecule has 0 saturated carbocycles. The summed E-state index contributed by atoms with van der Waals surface area (Å²) in [6.07, 6.45) is 0.212. The Morgan fingerprint density at radius 3 is 2.39 bits per heavy atom. The lowest BCUT2D eigenvalue weighted by Crippen LogP contribution is -2.58. The van der Waals surface area contributed by atoms with E-state index in [-0.39, 0.29) is 30.1 Å². The fraction of sp³-hybridized carbons (Fsp3) is 0.355. The molecule has 1 aliphatic rings. The number of nitrogens with one attached hydrogen (secondary N) is 1. The van der Waals surface area contributed by atoms with Crippen molar-refractivity contribution in [3.05, 3.63) is 100 Å². The molecule has 13 heteroatoms. The predicted octanol–water partition coefficient (Wildman–Crippen LogP) is 4.43. The van der Waals surface area contributed by atoms with Gasteiger partial charge in [0.25, 0.3) is 5.91 Å². The van der Waals surface area contributed by atoms with Gasteiger partial charge in [0.2, 0.25) is 10.0 Å². The van der Waals surface area contributed by atoms with Crippen molar-refractivity contribution in [1.29, 1.82) is 0 Å². The van der Waals surface area contributed by atoms with Crippen LogP contribution in [-0.4, -0.2) is 69.3 Å². The number of carbonyl (C=O) groups is 2. The lowest BCUT2D eigenvalue weighted by Gasteiger charge is -2.39. The maximum atomic E-state index is 15.5. The highest BCUT2D eigenvalue weighted by Gasteiger charge is 2.38. The van der Waals surface area contributed by atoms with Crippen LogP contribution in [0.25, 0.3) is 0 Å². The molecule has 0 aliphatic carbocycles. The lowest BCUT2D eigenvalue weighted by molar-refractivity contribution is -0.119. The first-order valence-electron chi connectivity index (χ1n) is 14.0. The van der Waals surface area contributed by atoms with Crippen LogP contribution in [0.5, 0.6) is 0 Å². The smallest absolute Gasteiger partial charge is 0.420 e. The number of piperazine rings is 1. The predicted molar refractivity (Wildman–Crippen MR) is 165 cm³/mol. The summed E-state index contributed by atoms with van der Waals surface area (Å²) in [5.74, 6) is -3.12. The number of nitrogens with zero attached hydrogens (tertiary/aromatic N) is 2. The molecule has 1 heterocycles. The molecule has 9 nitrogen and oxygen atoms in total. The molecule has 0 aromatic heterocycles. The van der Waals surface area contributed by atoms with E-state index in [0.29, 0.717) is 34.1 Å². The molecular formula is C31H35ClF2N4O5S. The summed E-state index contributed by atoms with van der Waals surface area (Å²) < 4.78 is 61.2. The van der Waals surface area contributed by atoms with Crippen LogP contribution in [0.15, 0.2) is 66.7 Å². The van der Waals surface area contributed by atoms with Crippen LogP contribution in [0.4, 0.5) is 19.3 Å². The first-order chi connectivity index (χ1) is 20.8. The van der Waals surface area contributed by atoms with Crippen molar-refractivity contribution in [3.8, 4) is 0 Å². The van der Waals surface area contributed by atoms with E-state index in [4.69, 9.17) is 22.1 Å². The van der Waals surface area contributed by atoms with E-state index >= 15 is 4.39 Å². The number of anilines is 1. The minimum Gasteiger partial charge on any atom is -0.452 e. The zero-order chi connectivity index (χ0) is 32.2. The van der Waals surface area contributed by atoms with Crippen LogP contribution < -0.4 is 16.0 Å². The third-order valence-corrected chi connectivity index (χ3v) is 9.36. The van der Waals surface area contributed by atoms with Gasteiger partial charge < -0.3 is 15.8 Å². The van der Waals surface area contributed by atoms with Crippen molar-refractivity contribution < 1.29 is 31.5 Å². The molecule has 3 N–H and O–H groups in total. The molecule has 0 spiro atoms. The Balaban J connectivity index is 1.74. The molecule has 3 aromatic rings. The number of nitrogens with two attached hydrogens (primary N) is 1. The highest BCUT2D eigenvalue weighted by molar-refractivity contribution is 7.88. The molecule has 2 amide bonds. The average molecular weight is 649 g/mol. The molecule has 1 aliphatic heterocycles. The van der Waals surface area contributed by atoms with Gasteiger partial charge in [0.1, 0.15) is 11.6 Å². The minimum atomic E-state index is -3.57. The molecule has 44 heavy (non-hydrogen) atoms. The Hall–Kier alpha value is -3.42. The Bertz CT molecular complexity index is 1580. The summed E-state index contributed by atoms with van der Waals surface area (Å²) in [5, 5.41) is 3.55. The summed E-state index contributed by atoms with van der Waals surface area (Å²) in [6, 6.07) is 13.8. The maximum absolute atomic E-state index is 15.5. The number of hydrogen-bond donors (Lipinski definition) is 2. The number of hydrogen-bond acceptors (Lipinski definition) is 7. The molecule has 1 saturated heterocycles. The fourth-order valence-electron chi connectivity index (χ4n) is 5.84. The number of amides is 2. The Kier molecular flexibility index (Phi) is 10.7. The number of halogens is 3. The van der Waals surface area contributed by atoms with Gasteiger partial charge in [-0.15, -0.1) is 0 Å². The van der Waals surface area contributed by atoms with Crippen LogP contribution in [0.2, 0.25) is 5.02 Å². The summed E-state index contributed by atoms with van der Waals surface area (Å²) >= 11 is 6.24. The Labute approximate surface area is 261 Å². The van der Waals surface area contributed by atoms with Gasteiger partial charge in [0.15, 0.2) is 0 Å². The van der Waals surface area contributed by atoms with E-state index in [0.717, 1.165) is 13.4 Å². The average Bonchev–Trinajstić information content (AvgIpc) is 2.96. The number of benzene rings is 3. The molecule has 3 aromatic carbocycles. The summed E-state index contributed by atoms with van der Waals surface area (Å²) in [4.78, 5) is 28.0. The van der Waals surface area contributed by atoms with E-state index in [9.17, 15) is 22.4 Å². The van der Waals surface area contributed by atoms with Crippen molar-refractivity contribution in [2.45, 2.75) is 43.8 Å². The first kappa shape index (κ1) is 33.5. The SMILES string of the molecule is COC(=O)N(C(=O)[C@@H](N)[C@H](c1cccc(F)c1)c1cccc(Cl)c1)c1cccc(F)c1CC[C@H]1CNC[C@@H](C)N1S(C)(=O)=O. The number of rotatable bonds is 9. The zero-order valence-electron chi connectivity index (χ0n) is 24.5. The van der Waals surface area contributed by atoms with Crippen molar-refractivity contribution in [2.24, 2.45) is 5.73 Å². The number of methoxy groups -OCH3 is 1. The molecule has 4 atom stereocenters. The van der Waals surface area contributed by atoms with Gasteiger partial charge in [-0.25, -0.2) is 26.9 Å². The normalized spacial score (nSPS) is 18.8. The van der Waals surface area contributed by atoms with Gasteiger partial charge in [-0.3, -0.25) is 4.79 Å². The van der Waals surface area contributed by atoms with Gasteiger partial charge in [0.05, 0.1) is 25.1 Å². The van der Waals surface area contributed by atoms with Crippen molar-refractivity contribution in [1.82, 2.24) is 9.62 Å². The third-order valence-electron chi connectivity index (χ3n) is 7.70. The van der Waals surface area contributed by atoms with Gasteiger partial charge in [-0.05, 0) is 67.3 Å². The van der Waals surface area contributed by atoms with Crippen molar-refractivity contribution >= 4 is 39.3 Å². The van der Waals surface area contributed by atoms with Gasteiger partial charge in [0, 0.05) is 41.7 Å². The molecule has 236 valence electrons. The topological polar surface area (TPSA) is 122 Å². The highest BCUT2D eigenvalue weighted by atomic mass is 35.5. The van der Waals surface area contributed by atoms with Gasteiger partial charge in [-0.1, -0.05) is 41.9 Å². The largest absolute Gasteiger partial charge is 0.452 e. The summed E-state index contributed by atoms with van der Waals surface area (Å²) in [6.45, 7) is 2.60. The molecular weight excluding hydrogens is 614 g/mol. The quantitative estimate of drug-likeness (QED) is 0.352. The number of sulfonamides is 1. The first-order valence-corrected chi connectivity index (χ1v) is 16.2. The lowest BCUT2D eigenvalue weighted by atomic mass is 9.84. The van der Waals surface area contributed by atoms with E-state index in [1.54, 1.807) is 37.3 Å². The Morgan fingerprint density at radius 1 is 1.09 bits per heavy atom. The number of carbonyl (C=O) groups excluding carboxylic acids is 2. The van der Waals surface area contributed by atoms with E-state index in [1.165, 1.54) is 40.7 Å². The van der Waals surface area contributed by atoms with Crippen LogP contribution >= 0.6 is 11.6 Å². The van der Waals surface area contributed by atoms with Crippen LogP contribution in [0.3, 0.4) is 0 Å². The van der Waals surface area contributed by atoms with E-state index in [1.807, 2.05) is 0 Å². The zero-order valence-corrected chi connectivity index (χ0v) is 26.1. The Morgan fingerprint density at radius 2 is 1.75 bits per heavy atom. The molecule has 0 bridgehead atoms. The number of imide groups is 1. The molecule has 1 fully saturated rings. The molecule has 0 radical (unpaired) electrons. The highest BCUT2D eigenvalue weighted by Crippen LogP contribution is 2.33. The van der Waals surface area contributed by atoms with Gasteiger partial charge >= 0.3 is 6.09 Å². The van der Waals surface area contributed by atoms with Crippen LogP contribution in [-0.2, 0) is 26.0 Å². The standard InChI is InChI=1S/C31H35ClF2N4O5S/c1-19-17-36-18-24(38(19)44(3,41)42)13-14-25-26(34)11-6-12-27(25)37(31(40)43-2)30(39)29(35)28(20-7-4-9-22(32)15-20)21-8-5-10-23(33)16-21/h4-12,15-16,19,24,28-29,36H,13-14,17-18,35H2,1-3H3/t19-,24+,28+,29+/m1/s1. The minimum absolute atomic E-state index is 0.00920. The second-order valence-electron chi connectivity index (χ2n) is 10.8. The molecule has 0 unspecified atom stereocenters. The second-order valence-corrected chi connectivity index (χ2v) is 13.1. The summed E-state index contributed by atoms with van der Waals surface area (Å²) in [5.41, 5.74) is 7.34. The second kappa shape index (κ2) is 14.1. The van der Waals surface area contributed by atoms with Crippen LogP contribution in [0.1, 0.15) is 36.0 Å². The number of ether oxygens (including phenoxy) is 1. The maximum Gasteiger partial charge on any atom is 0.420 e. The third kappa shape index (κ3) is 7.44. The fourth-order valence-corrected chi connectivity index (χ4v) is 7.49.